The Labute approximate surface area is 144 Å². The fourth-order valence-corrected chi connectivity index (χ4v) is 3.54. The molecule has 4 nitrogen and oxygen atoms in total. The van der Waals surface area contributed by atoms with E-state index in [1.807, 2.05) is 36.9 Å². The van der Waals surface area contributed by atoms with E-state index in [4.69, 9.17) is 4.74 Å². The van der Waals surface area contributed by atoms with Gasteiger partial charge in [0, 0.05) is 37.2 Å². The maximum atomic E-state index is 12.2. The fourth-order valence-electron chi connectivity index (χ4n) is 3.54. The molecule has 0 saturated carbocycles. The number of nitrogens with zero attached hydrogens (tertiary/aromatic N) is 1. The Morgan fingerprint density at radius 2 is 2.17 bits per heavy atom. The predicted molar refractivity (Wildman–Crippen MR) is 96.9 cm³/mol. The minimum Gasteiger partial charge on any atom is -0.489 e. The van der Waals surface area contributed by atoms with E-state index >= 15 is 0 Å². The minimum atomic E-state index is 0.0892. The van der Waals surface area contributed by atoms with Gasteiger partial charge < -0.3 is 15.0 Å². The maximum Gasteiger partial charge on any atom is 0.225 e. The molecule has 130 valence electrons. The number of rotatable bonds is 4. The van der Waals surface area contributed by atoms with E-state index in [-0.39, 0.29) is 11.8 Å². The second kappa shape index (κ2) is 7.39. The Kier molecular flexibility index (Phi) is 5.24. The first-order valence-electron chi connectivity index (χ1n) is 8.98. The number of piperidine rings is 1. The standard InChI is InChI=1S/C20H28N2O2/c1-14(2)20(23)22-9-8-18(15(3)12-22)21-11-16-10-17-6-4-5-7-19(17)24-13-16/h4-7,10,14-15,18,21H,8-9,11-13H2,1-3H3/t15-,18+/m0/s1. The van der Waals surface area contributed by atoms with Gasteiger partial charge in [0.15, 0.2) is 0 Å². The molecule has 1 N–H and O–H groups in total. The van der Waals surface area contributed by atoms with Gasteiger partial charge in [0.2, 0.25) is 5.91 Å². The van der Waals surface area contributed by atoms with E-state index < -0.39 is 0 Å². The van der Waals surface area contributed by atoms with Gasteiger partial charge in [-0.05, 0) is 30.1 Å². The molecule has 1 aromatic carbocycles. The first-order valence-corrected chi connectivity index (χ1v) is 8.98. The molecule has 4 heteroatoms. The van der Waals surface area contributed by atoms with Gasteiger partial charge in [-0.15, -0.1) is 0 Å². The SMILES string of the molecule is CC(C)C(=O)N1CC[C@@H](NCC2=Cc3ccccc3OC2)[C@@H](C)C1. The summed E-state index contributed by atoms with van der Waals surface area (Å²) in [6, 6.07) is 8.61. The Balaban J connectivity index is 1.53. The highest BCUT2D eigenvalue weighted by atomic mass is 16.5. The van der Waals surface area contributed by atoms with Crippen LogP contribution in [0.15, 0.2) is 29.8 Å². The smallest absolute Gasteiger partial charge is 0.225 e. The summed E-state index contributed by atoms with van der Waals surface area (Å²) in [6.07, 6.45) is 3.25. The highest BCUT2D eigenvalue weighted by molar-refractivity contribution is 5.78. The molecule has 0 aliphatic carbocycles. The van der Waals surface area contributed by atoms with Crippen molar-refractivity contribution in [1.82, 2.24) is 10.2 Å². The van der Waals surface area contributed by atoms with Crippen molar-refractivity contribution in [3.05, 3.63) is 35.4 Å². The monoisotopic (exact) mass is 328 g/mol. The molecule has 1 fully saturated rings. The maximum absolute atomic E-state index is 12.2. The molecular weight excluding hydrogens is 300 g/mol. The van der Waals surface area contributed by atoms with E-state index in [0.29, 0.717) is 18.6 Å². The molecule has 2 atom stereocenters. The summed E-state index contributed by atoms with van der Waals surface area (Å²) in [5.41, 5.74) is 2.44. The third kappa shape index (κ3) is 3.81. The topological polar surface area (TPSA) is 41.6 Å². The molecular formula is C20H28N2O2. The van der Waals surface area contributed by atoms with E-state index in [9.17, 15) is 4.79 Å². The van der Waals surface area contributed by atoms with Crippen molar-refractivity contribution >= 4 is 12.0 Å². The molecule has 0 spiro atoms. The van der Waals surface area contributed by atoms with Crippen molar-refractivity contribution in [1.29, 1.82) is 0 Å². The van der Waals surface area contributed by atoms with Gasteiger partial charge in [0.25, 0.3) is 0 Å². The number of benzene rings is 1. The van der Waals surface area contributed by atoms with Crippen LogP contribution in [-0.2, 0) is 4.79 Å². The summed E-state index contributed by atoms with van der Waals surface area (Å²) in [6.45, 7) is 9.41. The molecule has 0 radical (unpaired) electrons. The quantitative estimate of drug-likeness (QED) is 0.924. The van der Waals surface area contributed by atoms with Gasteiger partial charge in [0.05, 0.1) is 0 Å². The molecule has 0 bridgehead atoms. The Morgan fingerprint density at radius 3 is 2.92 bits per heavy atom. The number of fused-ring (bicyclic) bond motifs is 1. The van der Waals surface area contributed by atoms with Crippen molar-refractivity contribution in [3.63, 3.8) is 0 Å². The normalized spacial score (nSPS) is 23.5. The largest absolute Gasteiger partial charge is 0.489 e. The van der Waals surface area contributed by atoms with Gasteiger partial charge in [-0.2, -0.15) is 0 Å². The van der Waals surface area contributed by atoms with Crippen molar-refractivity contribution in [3.8, 4) is 5.75 Å². The van der Waals surface area contributed by atoms with E-state index in [1.165, 1.54) is 5.57 Å². The van der Waals surface area contributed by atoms with Crippen LogP contribution in [-0.4, -0.2) is 43.1 Å². The molecule has 0 aromatic heterocycles. The predicted octanol–water partition coefficient (Wildman–Crippen LogP) is 2.95. The Hall–Kier alpha value is -1.81. The van der Waals surface area contributed by atoms with Crippen molar-refractivity contribution in [2.45, 2.75) is 33.2 Å². The molecule has 2 heterocycles. The number of likely N-dealkylation sites (tertiary alicyclic amines) is 1. The summed E-state index contributed by atoms with van der Waals surface area (Å²) >= 11 is 0. The Bertz CT molecular complexity index is 624. The van der Waals surface area contributed by atoms with Crippen LogP contribution in [0.4, 0.5) is 0 Å². The zero-order chi connectivity index (χ0) is 17.1. The molecule has 2 aliphatic heterocycles. The van der Waals surface area contributed by atoms with Gasteiger partial charge >= 0.3 is 0 Å². The third-order valence-corrected chi connectivity index (χ3v) is 4.99. The van der Waals surface area contributed by atoms with Crippen LogP contribution < -0.4 is 10.1 Å². The molecule has 1 aromatic rings. The van der Waals surface area contributed by atoms with Gasteiger partial charge in [-0.1, -0.05) is 39.0 Å². The molecule has 2 aliphatic rings. The average molecular weight is 328 g/mol. The average Bonchev–Trinajstić information content (AvgIpc) is 2.59. The van der Waals surface area contributed by atoms with Crippen LogP contribution in [0.1, 0.15) is 32.8 Å². The summed E-state index contributed by atoms with van der Waals surface area (Å²) in [5, 5.41) is 3.67. The van der Waals surface area contributed by atoms with Crippen LogP contribution >= 0.6 is 0 Å². The second-order valence-corrected chi connectivity index (χ2v) is 7.32. The number of hydrogen-bond donors (Lipinski definition) is 1. The van der Waals surface area contributed by atoms with Crippen LogP contribution in [0.5, 0.6) is 5.75 Å². The van der Waals surface area contributed by atoms with Crippen LogP contribution in [0, 0.1) is 11.8 Å². The number of hydrogen-bond acceptors (Lipinski definition) is 3. The summed E-state index contributed by atoms with van der Waals surface area (Å²) < 4.78 is 5.82. The lowest BCUT2D eigenvalue weighted by molar-refractivity contribution is -0.136. The number of ether oxygens (including phenoxy) is 1. The summed E-state index contributed by atoms with van der Waals surface area (Å²) in [5.74, 6) is 1.81. The number of carbonyl (C=O) groups is 1. The van der Waals surface area contributed by atoms with Crippen LogP contribution in [0.25, 0.3) is 6.08 Å². The molecule has 1 saturated heterocycles. The van der Waals surface area contributed by atoms with Gasteiger partial charge in [-0.25, -0.2) is 0 Å². The zero-order valence-electron chi connectivity index (χ0n) is 14.9. The summed E-state index contributed by atoms with van der Waals surface area (Å²) in [7, 11) is 0. The lowest BCUT2D eigenvalue weighted by Gasteiger charge is -2.38. The number of carbonyl (C=O) groups excluding carboxylic acids is 1. The van der Waals surface area contributed by atoms with E-state index in [1.54, 1.807) is 0 Å². The molecule has 0 unspecified atom stereocenters. The highest BCUT2D eigenvalue weighted by Crippen LogP contribution is 2.26. The lowest BCUT2D eigenvalue weighted by Crippen LogP contribution is -2.51. The summed E-state index contributed by atoms with van der Waals surface area (Å²) in [4.78, 5) is 14.2. The lowest BCUT2D eigenvalue weighted by atomic mass is 9.92. The zero-order valence-corrected chi connectivity index (χ0v) is 14.9. The van der Waals surface area contributed by atoms with Crippen molar-refractivity contribution in [2.75, 3.05) is 26.2 Å². The number of amides is 1. The van der Waals surface area contributed by atoms with Crippen molar-refractivity contribution in [2.24, 2.45) is 11.8 Å². The fraction of sp³-hybridized carbons (Fsp3) is 0.550. The van der Waals surface area contributed by atoms with E-state index in [0.717, 1.165) is 37.4 Å². The Morgan fingerprint density at radius 1 is 1.38 bits per heavy atom. The number of nitrogens with one attached hydrogen (secondary N) is 1. The number of para-hydroxylation sites is 1. The molecule has 3 rings (SSSR count). The van der Waals surface area contributed by atoms with E-state index in [2.05, 4.69) is 24.4 Å². The molecule has 24 heavy (non-hydrogen) atoms. The van der Waals surface area contributed by atoms with Crippen LogP contribution in [0.2, 0.25) is 0 Å². The van der Waals surface area contributed by atoms with Gasteiger partial charge in [-0.3, -0.25) is 4.79 Å². The first-order chi connectivity index (χ1) is 11.5. The third-order valence-electron chi connectivity index (χ3n) is 4.99. The molecule has 1 amide bonds. The second-order valence-electron chi connectivity index (χ2n) is 7.32. The highest BCUT2D eigenvalue weighted by Gasteiger charge is 2.29. The van der Waals surface area contributed by atoms with Crippen LogP contribution in [0.3, 0.4) is 0 Å². The minimum absolute atomic E-state index is 0.0892. The van der Waals surface area contributed by atoms with Gasteiger partial charge in [0.1, 0.15) is 12.4 Å². The van der Waals surface area contributed by atoms with Crippen molar-refractivity contribution < 1.29 is 9.53 Å². The first kappa shape index (κ1) is 17.0.